The zero-order valence-electron chi connectivity index (χ0n) is 15.1. The Balaban J connectivity index is 1.78. The van der Waals surface area contributed by atoms with Crippen LogP contribution >= 0.6 is 23.8 Å². The van der Waals surface area contributed by atoms with Crippen molar-refractivity contribution in [2.24, 2.45) is 0 Å². The number of carbonyl (C=O) groups is 2. The zero-order chi connectivity index (χ0) is 20.4. The van der Waals surface area contributed by atoms with Crippen molar-refractivity contribution in [3.63, 3.8) is 0 Å². The number of rotatable bonds is 4. The van der Waals surface area contributed by atoms with Gasteiger partial charge in [-0.2, -0.15) is 0 Å². The van der Waals surface area contributed by atoms with E-state index in [1.807, 2.05) is 54.6 Å². The molecular formula is C22H15ClN2O3S. The highest BCUT2D eigenvalue weighted by molar-refractivity contribution is 7.80. The minimum absolute atomic E-state index is 0.00902. The van der Waals surface area contributed by atoms with Crippen molar-refractivity contribution in [1.29, 1.82) is 0 Å². The maximum Gasteiger partial charge on any atom is 0.263 e. The molecule has 3 aromatic rings. The molecule has 1 aliphatic rings. The average Bonchev–Trinajstić information content (AvgIpc) is 2.70. The summed E-state index contributed by atoms with van der Waals surface area (Å²) in [5.74, 6) is -0.572. The van der Waals surface area contributed by atoms with Crippen LogP contribution in [0.1, 0.15) is 11.1 Å². The van der Waals surface area contributed by atoms with E-state index in [1.54, 1.807) is 6.07 Å². The van der Waals surface area contributed by atoms with E-state index in [0.717, 1.165) is 16.3 Å². The van der Waals surface area contributed by atoms with Crippen molar-refractivity contribution in [3.8, 4) is 5.75 Å². The van der Waals surface area contributed by atoms with Crippen LogP contribution in [0.3, 0.4) is 0 Å². The molecule has 0 aliphatic carbocycles. The number of hydrogen-bond acceptors (Lipinski definition) is 4. The second kappa shape index (κ2) is 8.03. The molecule has 29 heavy (non-hydrogen) atoms. The predicted molar refractivity (Wildman–Crippen MR) is 117 cm³/mol. The maximum absolute atomic E-state index is 12.3. The molecule has 0 unspecified atom stereocenters. The number of thiocarbonyl (C=S) groups is 1. The number of amides is 2. The minimum atomic E-state index is -0.552. The summed E-state index contributed by atoms with van der Waals surface area (Å²) in [4.78, 5) is 24.6. The van der Waals surface area contributed by atoms with E-state index in [4.69, 9.17) is 28.6 Å². The van der Waals surface area contributed by atoms with Gasteiger partial charge in [-0.3, -0.25) is 20.2 Å². The third-order valence-corrected chi connectivity index (χ3v) is 5.08. The lowest BCUT2D eigenvalue weighted by molar-refractivity contribution is -0.123. The van der Waals surface area contributed by atoms with Gasteiger partial charge in [-0.05, 0) is 41.2 Å². The number of fused-ring (bicyclic) bond motifs is 1. The van der Waals surface area contributed by atoms with Gasteiger partial charge >= 0.3 is 0 Å². The van der Waals surface area contributed by atoms with Gasteiger partial charge in [0.25, 0.3) is 11.8 Å². The number of benzene rings is 3. The first-order valence-corrected chi connectivity index (χ1v) is 9.58. The molecule has 7 heteroatoms. The summed E-state index contributed by atoms with van der Waals surface area (Å²) in [6.45, 7) is 0.247. The van der Waals surface area contributed by atoms with Crippen molar-refractivity contribution in [2.75, 3.05) is 0 Å². The second-order valence-electron chi connectivity index (χ2n) is 6.37. The predicted octanol–water partition coefficient (Wildman–Crippen LogP) is 3.99. The van der Waals surface area contributed by atoms with E-state index in [9.17, 15) is 9.59 Å². The quantitative estimate of drug-likeness (QED) is 0.379. The average molecular weight is 423 g/mol. The largest absolute Gasteiger partial charge is 0.488 e. The number of nitrogens with one attached hydrogen (secondary N) is 2. The van der Waals surface area contributed by atoms with Crippen LogP contribution in [0.25, 0.3) is 16.8 Å². The van der Waals surface area contributed by atoms with Gasteiger partial charge in [0.05, 0.1) is 0 Å². The summed E-state index contributed by atoms with van der Waals surface area (Å²) < 4.78 is 6.03. The van der Waals surface area contributed by atoms with Crippen LogP contribution in [0, 0.1) is 0 Å². The molecule has 1 heterocycles. The first-order valence-electron chi connectivity index (χ1n) is 8.79. The van der Waals surface area contributed by atoms with Crippen LogP contribution in [0.15, 0.2) is 66.2 Å². The molecule has 1 fully saturated rings. The standard InChI is InChI=1S/C22H15ClN2O3S/c23-18-8-4-2-6-14(18)12-28-19-10-9-13-5-1-3-7-15(13)16(19)11-17-20(26)24-22(29)25-21(17)27/h1-11H,12H2,(H2,24,25,26,27,29). The lowest BCUT2D eigenvalue weighted by Gasteiger charge is -2.18. The Labute approximate surface area is 177 Å². The van der Waals surface area contributed by atoms with Crippen molar-refractivity contribution in [1.82, 2.24) is 10.6 Å². The van der Waals surface area contributed by atoms with Gasteiger partial charge in [0.1, 0.15) is 17.9 Å². The summed E-state index contributed by atoms with van der Waals surface area (Å²) in [7, 11) is 0. The third kappa shape index (κ3) is 3.99. The van der Waals surface area contributed by atoms with Gasteiger partial charge in [0.15, 0.2) is 5.11 Å². The molecule has 5 nitrogen and oxygen atoms in total. The zero-order valence-corrected chi connectivity index (χ0v) is 16.6. The maximum atomic E-state index is 12.3. The molecule has 2 N–H and O–H groups in total. The van der Waals surface area contributed by atoms with Gasteiger partial charge in [0.2, 0.25) is 0 Å². The van der Waals surface area contributed by atoms with E-state index in [-0.39, 0.29) is 17.3 Å². The van der Waals surface area contributed by atoms with Crippen LogP contribution < -0.4 is 15.4 Å². The number of carbonyl (C=O) groups excluding carboxylic acids is 2. The smallest absolute Gasteiger partial charge is 0.263 e. The van der Waals surface area contributed by atoms with Crippen molar-refractivity contribution < 1.29 is 14.3 Å². The molecule has 0 bridgehead atoms. The summed E-state index contributed by atoms with van der Waals surface area (Å²) in [6.07, 6.45) is 1.52. The van der Waals surface area contributed by atoms with Gasteiger partial charge in [-0.1, -0.05) is 60.1 Å². The Hall–Kier alpha value is -3.22. The SMILES string of the molecule is O=C1NC(=S)NC(=O)C1=Cc1c(OCc2ccccc2Cl)ccc2ccccc12. The minimum Gasteiger partial charge on any atom is -0.488 e. The van der Waals surface area contributed by atoms with E-state index in [0.29, 0.717) is 16.3 Å². The van der Waals surface area contributed by atoms with Gasteiger partial charge < -0.3 is 4.74 Å². The summed E-state index contributed by atoms with van der Waals surface area (Å²) in [6, 6.07) is 18.8. The van der Waals surface area contributed by atoms with Gasteiger partial charge in [-0.25, -0.2) is 0 Å². The molecule has 0 spiro atoms. The normalized spacial score (nSPS) is 13.8. The fourth-order valence-electron chi connectivity index (χ4n) is 3.07. The van der Waals surface area contributed by atoms with Crippen molar-refractivity contribution in [2.45, 2.75) is 6.61 Å². The molecule has 144 valence electrons. The van der Waals surface area contributed by atoms with Crippen molar-refractivity contribution >= 4 is 57.6 Å². The first-order chi connectivity index (χ1) is 14.0. The molecular weight excluding hydrogens is 408 g/mol. The number of halogens is 1. The fourth-order valence-corrected chi connectivity index (χ4v) is 3.45. The van der Waals surface area contributed by atoms with Crippen LogP contribution in [-0.2, 0) is 16.2 Å². The Kier molecular flexibility index (Phi) is 5.29. The molecule has 0 atom stereocenters. The molecule has 4 rings (SSSR count). The highest BCUT2D eigenvalue weighted by atomic mass is 35.5. The monoisotopic (exact) mass is 422 g/mol. The molecule has 0 saturated carbocycles. The molecule has 2 amide bonds. The van der Waals surface area contributed by atoms with Gasteiger partial charge in [-0.15, -0.1) is 0 Å². The van der Waals surface area contributed by atoms with Crippen LogP contribution in [-0.4, -0.2) is 16.9 Å². The highest BCUT2D eigenvalue weighted by Gasteiger charge is 2.26. The van der Waals surface area contributed by atoms with Crippen LogP contribution in [0.2, 0.25) is 5.02 Å². The molecule has 1 saturated heterocycles. The number of hydrogen-bond donors (Lipinski definition) is 2. The first kappa shape index (κ1) is 19.1. The summed E-state index contributed by atoms with van der Waals surface area (Å²) >= 11 is 11.1. The molecule has 1 aliphatic heterocycles. The van der Waals surface area contributed by atoms with E-state index < -0.39 is 11.8 Å². The van der Waals surface area contributed by atoms with E-state index in [2.05, 4.69) is 10.6 Å². The molecule has 0 aromatic heterocycles. The highest BCUT2D eigenvalue weighted by Crippen LogP contribution is 2.31. The van der Waals surface area contributed by atoms with E-state index >= 15 is 0 Å². The lowest BCUT2D eigenvalue weighted by Crippen LogP contribution is -2.51. The summed E-state index contributed by atoms with van der Waals surface area (Å²) in [5.41, 5.74) is 1.42. The molecule has 0 radical (unpaired) electrons. The van der Waals surface area contributed by atoms with Crippen molar-refractivity contribution in [3.05, 3.63) is 82.4 Å². The Morgan fingerprint density at radius 2 is 1.62 bits per heavy atom. The lowest BCUT2D eigenvalue weighted by atomic mass is 10.00. The summed E-state index contributed by atoms with van der Waals surface area (Å²) in [5, 5.41) is 7.30. The molecule has 3 aromatic carbocycles. The van der Waals surface area contributed by atoms with Crippen LogP contribution in [0.5, 0.6) is 5.75 Å². The van der Waals surface area contributed by atoms with Gasteiger partial charge in [0, 0.05) is 16.1 Å². The third-order valence-electron chi connectivity index (χ3n) is 4.50. The number of ether oxygens (including phenoxy) is 1. The Morgan fingerprint density at radius 1 is 0.931 bits per heavy atom. The Morgan fingerprint density at radius 3 is 2.38 bits per heavy atom. The topological polar surface area (TPSA) is 67.4 Å². The fraction of sp³-hybridized carbons (Fsp3) is 0.0455. The second-order valence-corrected chi connectivity index (χ2v) is 7.19. The van der Waals surface area contributed by atoms with E-state index in [1.165, 1.54) is 6.08 Å². The Bertz CT molecular complexity index is 1170. The van der Waals surface area contributed by atoms with Crippen LogP contribution in [0.4, 0.5) is 0 Å².